The lowest BCUT2D eigenvalue weighted by molar-refractivity contribution is 0.0973. The molecule has 2 atom stereocenters. The fourth-order valence-electron chi connectivity index (χ4n) is 4.90. The number of hydrogen-bond acceptors (Lipinski definition) is 7. The summed E-state index contributed by atoms with van der Waals surface area (Å²) in [6, 6.07) is 6.13. The van der Waals surface area contributed by atoms with Gasteiger partial charge >= 0.3 is 0 Å². The summed E-state index contributed by atoms with van der Waals surface area (Å²) in [5.41, 5.74) is 10.6. The third-order valence-corrected chi connectivity index (χ3v) is 6.89. The van der Waals surface area contributed by atoms with Crippen molar-refractivity contribution in [1.82, 2.24) is 20.2 Å². The van der Waals surface area contributed by atoms with E-state index in [4.69, 9.17) is 20.4 Å². The van der Waals surface area contributed by atoms with E-state index in [-0.39, 0.29) is 31.6 Å². The van der Waals surface area contributed by atoms with Gasteiger partial charge in [-0.3, -0.25) is 5.10 Å². The number of aliphatic hydroxyl groups excluding tert-OH is 1. The molecule has 0 aliphatic carbocycles. The Kier molecular flexibility index (Phi) is 5.72. The van der Waals surface area contributed by atoms with Crippen molar-refractivity contribution >= 4 is 16.7 Å². The van der Waals surface area contributed by atoms with Crippen LogP contribution in [0.5, 0.6) is 0 Å². The van der Waals surface area contributed by atoms with Crippen molar-refractivity contribution < 1.29 is 9.84 Å². The molecule has 8 heteroatoms. The normalized spacial score (nSPS) is 22.8. The summed E-state index contributed by atoms with van der Waals surface area (Å²) in [5, 5.41) is 18.2. The number of rotatable bonds is 3. The van der Waals surface area contributed by atoms with E-state index in [1.165, 1.54) is 0 Å². The lowest BCUT2D eigenvalue weighted by Gasteiger charge is -2.42. The summed E-state index contributed by atoms with van der Waals surface area (Å²) in [4.78, 5) is 11.9. The number of hydrogen-bond donors (Lipinski definition) is 3. The quantitative estimate of drug-likeness (QED) is 0.592. The molecule has 8 nitrogen and oxygen atoms in total. The summed E-state index contributed by atoms with van der Waals surface area (Å²) < 4.78 is 5.83. The fourth-order valence-corrected chi connectivity index (χ4v) is 4.90. The van der Waals surface area contributed by atoms with Crippen molar-refractivity contribution in [3.63, 3.8) is 0 Å². The van der Waals surface area contributed by atoms with Crippen LogP contribution in [0.2, 0.25) is 0 Å². The molecule has 2 fully saturated rings. The van der Waals surface area contributed by atoms with Gasteiger partial charge in [0.25, 0.3) is 0 Å². The van der Waals surface area contributed by atoms with Crippen molar-refractivity contribution in [2.24, 2.45) is 11.1 Å². The van der Waals surface area contributed by atoms with Crippen LogP contribution in [0, 0.1) is 12.3 Å². The number of aromatic amines is 1. The molecule has 31 heavy (non-hydrogen) atoms. The number of nitrogens with zero attached hydrogens (tertiary/aromatic N) is 4. The lowest BCUT2D eigenvalue weighted by atomic mass is 9.73. The molecule has 0 bridgehead atoms. The second-order valence-corrected chi connectivity index (χ2v) is 8.65. The first-order valence-corrected chi connectivity index (χ1v) is 10.5. The maximum Gasteiger partial charge on any atom is 0.153 e. The Bertz CT molecular complexity index is 1070. The molecule has 2 aromatic heterocycles. The Morgan fingerprint density at radius 3 is 2.74 bits per heavy atom. The van der Waals surface area contributed by atoms with Crippen LogP contribution in [0.15, 0.2) is 24.4 Å². The lowest BCUT2D eigenvalue weighted by Crippen LogP contribution is -2.51. The molecule has 0 amide bonds. The number of aromatic nitrogens is 4. The number of nitrogens with two attached hydrogens (primary N) is 1. The molecule has 0 radical (unpaired) electrons. The predicted molar refractivity (Wildman–Crippen MR) is 122 cm³/mol. The first-order valence-electron chi connectivity index (χ1n) is 10.5. The number of benzene rings is 1. The Hall–Kier alpha value is -2.55. The van der Waals surface area contributed by atoms with Crippen LogP contribution in [0.4, 0.5) is 5.82 Å². The maximum absolute atomic E-state index is 10.0. The van der Waals surface area contributed by atoms with E-state index >= 15 is 0 Å². The number of H-pyrrole nitrogens is 1. The second-order valence-electron chi connectivity index (χ2n) is 8.65. The van der Waals surface area contributed by atoms with Crippen LogP contribution in [0.25, 0.3) is 22.2 Å². The largest absolute Gasteiger partial charge is 0.390 e. The summed E-state index contributed by atoms with van der Waals surface area (Å²) in [6.07, 6.45) is 3.83. The molecule has 2 saturated heterocycles. The minimum atomic E-state index is -0.150. The van der Waals surface area contributed by atoms with E-state index in [9.17, 15) is 5.11 Å². The number of ether oxygens (including phenoxy) is 1. The minimum absolute atomic E-state index is 0. The number of fused-ring (bicyclic) bond motifs is 1. The second kappa shape index (κ2) is 8.18. The summed E-state index contributed by atoms with van der Waals surface area (Å²) in [5.74, 6) is 0.775. The van der Waals surface area contributed by atoms with Gasteiger partial charge in [0, 0.05) is 35.5 Å². The van der Waals surface area contributed by atoms with Gasteiger partial charge < -0.3 is 20.5 Å². The SMILES string of the molecule is C.Cc1nc(N2CCC3(CC2)CO[C@@H](C)[C@H]3N)c(CO)nc1-c1ccc2cn[nH]c2c1. The predicted octanol–water partition coefficient (Wildman–Crippen LogP) is 2.79. The molecule has 5 rings (SSSR count). The molecule has 166 valence electrons. The van der Waals surface area contributed by atoms with Gasteiger partial charge in [0.2, 0.25) is 0 Å². The van der Waals surface area contributed by atoms with Crippen molar-refractivity contribution in [2.45, 2.75) is 52.9 Å². The van der Waals surface area contributed by atoms with Crippen LogP contribution >= 0.6 is 0 Å². The highest BCUT2D eigenvalue weighted by atomic mass is 16.5. The Morgan fingerprint density at radius 1 is 1.29 bits per heavy atom. The van der Waals surface area contributed by atoms with Gasteiger partial charge in [-0.2, -0.15) is 5.10 Å². The molecule has 1 aromatic carbocycles. The number of aliphatic hydroxyl groups is 1. The van der Waals surface area contributed by atoms with E-state index in [0.29, 0.717) is 5.69 Å². The minimum Gasteiger partial charge on any atom is -0.390 e. The van der Waals surface area contributed by atoms with E-state index in [1.807, 2.05) is 25.1 Å². The zero-order chi connectivity index (χ0) is 20.9. The van der Waals surface area contributed by atoms with Gasteiger partial charge in [0.05, 0.1) is 42.4 Å². The molecular weight excluding hydrogens is 392 g/mol. The topological polar surface area (TPSA) is 113 Å². The van der Waals surface area contributed by atoms with Crippen LogP contribution in [-0.2, 0) is 11.3 Å². The molecule has 0 saturated carbocycles. The third kappa shape index (κ3) is 3.58. The average molecular weight is 425 g/mol. The molecule has 3 aromatic rings. The molecule has 2 aliphatic rings. The van der Waals surface area contributed by atoms with Gasteiger partial charge in [-0.15, -0.1) is 0 Å². The highest BCUT2D eigenvalue weighted by Crippen LogP contribution is 2.42. The highest BCUT2D eigenvalue weighted by Gasteiger charge is 2.47. The van der Waals surface area contributed by atoms with E-state index in [1.54, 1.807) is 6.20 Å². The zero-order valence-corrected chi connectivity index (χ0v) is 17.4. The monoisotopic (exact) mass is 424 g/mol. The van der Waals surface area contributed by atoms with Gasteiger partial charge in [-0.25, -0.2) is 9.97 Å². The third-order valence-electron chi connectivity index (χ3n) is 6.89. The standard InChI is InChI=1S/C22H28N6O2.CH4/c1-13-19(15-3-4-16-10-24-27-17(16)9-15)26-18(11-29)21(25-13)28-7-5-22(6-8-28)12-30-14(2)20(22)23;/h3-4,9-10,14,20,29H,5-8,11-12,23H2,1-2H3,(H,24,27);1H4/t14-,20+;/m0./s1. The van der Waals surface area contributed by atoms with Gasteiger partial charge in [0.15, 0.2) is 5.82 Å². The average Bonchev–Trinajstić information content (AvgIpc) is 3.34. The van der Waals surface area contributed by atoms with Crippen molar-refractivity contribution in [3.05, 3.63) is 35.8 Å². The summed E-state index contributed by atoms with van der Waals surface area (Å²) in [6.45, 7) is 6.29. The Labute approximate surface area is 182 Å². The van der Waals surface area contributed by atoms with Crippen LogP contribution in [0.1, 0.15) is 38.6 Å². The van der Waals surface area contributed by atoms with Crippen molar-refractivity contribution in [1.29, 1.82) is 0 Å². The first kappa shape index (κ1) is 21.7. The van der Waals surface area contributed by atoms with Crippen molar-refractivity contribution in [2.75, 3.05) is 24.6 Å². The smallest absolute Gasteiger partial charge is 0.153 e. The van der Waals surface area contributed by atoms with E-state index in [2.05, 4.69) is 22.0 Å². The van der Waals surface area contributed by atoms with Crippen LogP contribution < -0.4 is 10.6 Å². The van der Waals surface area contributed by atoms with Gasteiger partial charge in [-0.1, -0.05) is 19.6 Å². The zero-order valence-electron chi connectivity index (χ0n) is 17.4. The molecule has 1 spiro atoms. The van der Waals surface area contributed by atoms with Gasteiger partial charge in [-0.05, 0) is 32.8 Å². The van der Waals surface area contributed by atoms with E-state index < -0.39 is 0 Å². The molecule has 4 heterocycles. The number of anilines is 1. The Balaban J connectivity index is 0.00000231. The van der Waals surface area contributed by atoms with Crippen LogP contribution in [0.3, 0.4) is 0 Å². The number of piperidine rings is 1. The summed E-state index contributed by atoms with van der Waals surface area (Å²) in [7, 11) is 0. The molecule has 4 N–H and O–H groups in total. The Morgan fingerprint density at radius 2 is 2.06 bits per heavy atom. The molecular formula is C23H32N6O2. The van der Waals surface area contributed by atoms with Crippen molar-refractivity contribution in [3.8, 4) is 11.3 Å². The molecule has 0 unspecified atom stereocenters. The fraction of sp³-hybridized carbons (Fsp3) is 0.522. The number of aryl methyl sites for hydroxylation is 1. The van der Waals surface area contributed by atoms with Gasteiger partial charge in [0.1, 0.15) is 5.69 Å². The number of nitrogens with one attached hydrogen (secondary N) is 1. The van der Waals surface area contributed by atoms with Crippen LogP contribution in [-0.4, -0.2) is 57.1 Å². The highest BCUT2D eigenvalue weighted by molar-refractivity contribution is 5.83. The summed E-state index contributed by atoms with van der Waals surface area (Å²) >= 11 is 0. The first-order chi connectivity index (χ1) is 14.5. The van der Waals surface area contributed by atoms with E-state index in [0.717, 1.165) is 66.2 Å². The molecule has 2 aliphatic heterocycles. The maximum atomic E-state index is 10.0.